The summed E-state index contributed by atoms with van der Waals surface area (Å²) in [6, 6.07) is 17.1. The summed E-state index contributed by atoms with van der Waals surface area (Å²) in [6.07, 6.45) is 0. The molecular formula is C21H17N3O5S2. The Hall–Kier alpha value is -3.63. The lowest BCUT2D eigenvalue weighted by molar-refractivity contribution is 0.102. The number of carbonyl (C=O) groups is 1. The molecule has 0 aliphatic carbocycles. The number of nitrogens with one attached hydrogen (secondary N) is 2. The average molecular weight is 456 g/mol. The first kappa shape index (κ1) is 20.6. The van der Waals surface area contributed by atoms with Crippen LogP contribution in [0.5, 0.6) is 11.5 Å². The minimum Gasteiger partial charge on any atom is -0.508 e. The number of carbonyl (C=O) groups excluding carboxylic acids is 1. The second-order valence-corrected chi connectivity index (χ2v) is 9.20. The van der Waals surface area contributed by atoms with E-state index in [1.807, 2.05) is 0 Å². The summed E-state index contributed by atoms with van der Waals surface area (Å²) in [5, 5.41) is 12.4. The van der Waals surface area contributed by atoms with Gasteiger partial charge in [-0.1, -0.05) is 17.4 Å². The van der Waals surface area contributed by atoms with Crippen LogP contribution >= 0.6 is 11.3 Å². The fourth-order valence-corrected chi connectivity index (χ4v) is 4.97. The van der Waals surface area contributed by atoms with Crippen molar-refractivity contribution in [2.75, 3.05) is 17.1 Å². The van der Waals surface area contributed by atoms with Crippen LogP contribution in [0.1, 0.15) is 10.4 Å². The summed E-state index contributed by atoms with van der Waals surface area (Å²) in [5.41, 5.74) is 1.40. The van der Waals surface area contributed by atoms with E-state index in [1.165, 1.54) is 31.4 Å². The number of sulfonamides is 1. The van der Waals surface area contributed by atoms with E-state index in [0.29, 0.717) is 27.2 Å². The van der Waals surface area contributed by atoms with E-state index in [1.54, 1.807) is 42.5 Å². The summed E-state index contributed by atoms with van der Waals surface area (Å²) in [6.45, 7) is 0. The molecule has 158 valence electrons. The van der Waals surface area contributed by atoms with Gasteiger partial charge < -0.3 is 15.2 Å². The van der Waals surface area contributed by atoms with Crippen molar-refractivity contribution in [1.29, 1.82) is 0 Å². The molecule has 0 unspecified atom stereocenters. The van der Waals surface area contributed by atoms with Crippen LogP contribution in [-0.4, -0.2) is 31.5 Å². The highest BCUT2D eigenvalue weighted by Gasteiger charge is 2.17. The summed E-state index contributed by atoms with van der Waals surface area (Å²) in [4.78, 5) is 16.9. The van der Waals surface area contributed by atoms with Crippen LogP contribution in [0.4, 0.5) is 10.8 Å². The lowest BCUT2D eigenvalue weighted by Crippen LogP contribution is -2.12. The zero-order valence-electron chi connectivity index (χ0n) is 16.2. The van der Waals surface area contributed by atoms with Crippen molar-refractivity contribution in [2.45, 2.75) is 4.90 Å². The average Bonchev–Trinajstić information content (AvgIpc) is 3.14. The number of hydrogen-bond acceptors (Lipinski definition) is 7. The van der Waals surface area contributed by atoms with Gasteiger partial charge in [0.1, 0.15) is 11.5 Å². The number of anilines is 2. The van der Waals surface area contributed by atoms with Crippen molar-refractivity contribution in [3.8, 4) is 11.5 Å². The largest absolute Gasteiger partial charge is 0.508 e. The maximum absolute atomic E-state index is 12.6. The van der Waals surface area contributed by atoms with Crippen LogP contribution < -0.4 is 14.8 Å². The molecule has 0 saturated heterocycles. The third kappa shape index (κ3) is 4.60. The summed E-state index contributed by atoms with van der Waals surface area (Å²) in [5.74, 6) is 0.237. The first-order valence-electron chi connectivity index (χ1n) is 9.02. The fourth-order valence-electron chi connectivity index (χ4n) is 2.83. The number of methoxy groups -OCH3 is 1. The van der Waals surface area contributed by atoms with Crippen molar-refractivity contribution in [1.82, 2.24) is 4.98 Å². The molecule has 0 radical (unpaired) electrons. The Morgan fingerprint density at radius 2 is 1.84 bits per heavy atom. The molecule has 0 aliphatic heterocycles. The number of fused-ring (bicyclic) bond motifs is 1. The van der Waals surface area contributed by atoms with E-state index in [0.717, 1.165) is 11.3 Å². The van der Waals surface area contributed by atoms with E-state index in [4.69, 9.17) is 4.74 Å². The normalized spacial score (nSPS) is 11.3. The van der Waals surface area contributed by atoms with E-state index < -0.39 is 10.0 Å². The maximum atomic E-state index is 12.6. The molecule has 1 aromatic heterocycles. The molecule has 4 rings (SSSR count). The molecule has 1 amide bonds. The van der Waals surface area contributed by atoms with Crippen LogP contribution in [0.15, 0.2) is 71.6 Å². The number of phenolic OH excluding ortho intramolecular Hbond substituents is 1. The van der Waals surface area contributed by atoms with Crippen LogP contribution in [0.3, 0.4) is 0 Å². The number of phenols is 1. The predicted molar refractivity (Wildman–Crippen MR) is 119 cm³/mol. The number of ether oxygens (including phenoxy) is 1. The smallest absolute Gasteiger partial charge is 0.263 e. The molecule has 0 saturated carbocycles. The topological polar surface area (TPSA) is 118 Å². The number of aromatic nitrogens is 1. The highest BCUT2D eigenvalue weighted by Crippen LogP contribution is 2.29. The van der Waals surface area contributed by atoms with Crippen LogP contribution in [0.25, 0.3) is 10.2 Å². The molecule has 0 spiro atoms. The summed E-state index contributed by atoms with van der Waals surface area (Å²) < 4.78 is 33.4. The Bertz CT molecular complexity index is 1370. The maximum Gasteiger partial charge on any atom is 0.263 e. The van der Waals surface area contributed by atoms with Gasteiger partial charge in [-0.15, -0.1) is 0 Å². The van der Waals surface area contributed by atoms with Crippen molar-refractivity contribution in [3.05, 3.63) is 72.3 Å². The molecule has 0 atom stereocenters. The van der Waals surface area contributed by atoms with Crippen LogP contribution in [0.2, 0.25) is 0 Å². The zero-order chi connectivity index (χ0) is 22.0. The van der Waals surface area contributed by atoms with Crippen LogP contribution in [0, 0.1) is 0 Å². The number of nitrogens with zero attached hydrogens (tertiary/aromatic N) is 1. The molecule has 31 heavy (non-hydrogen) atoms. The van der Waals surface area contributed by atoms with Gasteiger partial charge in [-0.25, -0.2) is 13.4 Å². The fraction of sp³-hybridized carbons (Fsp3) is 0.0476. The Kier molecular flexibility index (Phi) is 5.49. The number of thiazole rings is 1. The standard InChI is InChI=1S/C21H17N3O5S2/c1-29-16-6-8-17(9-7-16)31(27,28)24-21-23-18-10-5-13(11-19(18)30-21)20(26)22-14-3-2-4-15(25)12-14/h2-12,25H,1H3,(H,22,26)(H,23,24). The van der Waals surface area contributed by atoms with Gasteiger partial charge in [0.05, 0.1) is 22.2 Å². The minimum atomic E-state index is -3.82. The van der Waals surface area contributed by atoms with Gasteiger partial charge in [-0.2, -0.15) is 0 Å². The lowest BCUT2D eigenvalue weighted by atomic mass is 10.2. The monoisotopic (exact) mass is 455 g/mol. The lowest BCUT2D eigenvalue weighted by Gasteiger charge is -2.05. The number of amides is 1. The summed E-state index contributed by atoms with van der Waals surface area (Å²) >= 11 is 1.12. The Morgan fingerprint density at radius 1 is 1.06 bits per heavy atom. The van der Waals surface area contributed by atoms with Gasteiger partial charge in [0.25, 0.3) is 15.9 Å². The predicted octanol–water partition coefficient (Wildman–Crippen LogP) is 4.06. The second-order valence-electron chi connectivity index (χ2n) is 6.49. The van der Waals surface area contributed by atoms with Crippen molar-refractivity contribution in [3.63, 3.8) is 0 Å². The third-order valence-corrected chi connectivity index (χ3v) is 6.76. The minimum absolute atomic E-state index is 0.0458. The third-order valence-electron chi connectivity index (χ3n) is 4.35. The molecule has 0 aliphatic rings. The number of hydrogen-bond donors (Lipinski definition) is 3. The van der Waals surface area contributed by atoms with Gasteiger partial charge >= 0.3 is 0 Å². The Balaban J connectivity index is 1.55. The summed E-state index contributed by atoms with van der Waals surface area (Å²) in [7, 11) is -2.32. The number of benzene rings is 3. The van der Waals surface area contributed by atoms with Crippen molar-refractivity contribution < 1.29 is 23.1 Å². The number of rotatable bonds is 6. The molecule has 4 aromatic rings. The number of aromatic hydroxyl groups is 1. The molecule has 10 heteroatoms. The molecule has 0 fully saturated rings. The SMILES string of the molecule is COc1ccc(S(=O)(=O)Nc2nc3ccc(C(=O)Nc4cccc(O)c4)cc3s2)cc1. The molecule has 3 N–H and O–H groups in total. The first-order valence-corrected chi connectivity index (χ1v) is 11.3. The van der Waals surface area contributed by atoms with Gasteiger partial charge in [-0.05, 0) is 54.6 Å². The van der Waals surface area contributed by atoms with Gasteiger partial charge in [0.15, 0.2) is 5.13 Å². The highest BCUT2D eigenvalue weighted by molar-refractivity contribution is 7.93. The van der Waals surface area contributed by atoms with E-state index in [2.05, 4.69) is 15.0 Å². The van der Waals surface area contributed by atoms with E-state index >= 15 is 0 Å². The molecule has 3 aromatic carbocycles. The van der Waals surface area contributed by atoms with Crippen LogP contribution in [-0.2, 0) is 10.0 Å². The molecule has 8 nitrogen and oxygen atoms in total. The quantitative estimate of drug-likeness (QED) is 0.404. The Morgan fingerprint density at radius 3 is 2.55 bits per heavy atom. The van der Waals surface area contributed by atoms with E-state index in [9.17, 15) is 18.3 Å². The molecular weight excluding hydrogens is 438 g/mol. The van der Waals surface area contributed by atoms with Gasteiger partial charge in [-0.3, -0.25) is 9.52 Å². The molecule has 0 bridgehead atoms. The Labute approximate surface area is 182 Å². The first-order chi connectivity index (χ1) is 14.8. The van der Waals surface area contributed by atoms with Crippen molar-refractivity contribution >= 4 is 48.3 Å². The van der Waals surface area contributed by atoms with Gasteiger partial charge in [0.2, 0.25) is 0 Å². The second kappa shape index (κ2) is 8.25. The van der Waals surface area contributed by atoms with Crippen molar-refractivity contribution in [2.24, 2.45) is 0 Å². The zero-order valence-corrected chi connectivity index (χ0v) is 17.8. The molecule has 1 heterocycles. The highest BCUT2D eigenvalue weighted by atomic mass is 32.2. The van der Waals surface area contributed by atoms with Gasteiger partial charge in [0, 0.05) is 17.3 Å². The van der Waals surface area contributed by atoms with E-state index in [-0.39, 0.29) is 21.7 Å².